The lowest BCUT2D eigenvalue weighted by atomic mass is 9.97. The Kier molecular flexibility index (Phi) is 3.80. The molecule has 20 heavy (non-hydrogen) atoms. The van der Waals surface area contributed by atoms with Gasteiger partial charge in [-0.3, -0.25) is 4.79 Å². The zero-order chi connectivity index (χ0) is 14.9. The second-order valence-corrected chi connectivity index (χ2v) is 5.13. The van der Waals surface area contributed by atoms with Gasteiger partial charge in [0, 0.05) is 15.1 Å². The normalized spacial score (nSPS) is 9.80. The third kappa shape index (κ3) is 2.27. The largest absolute Gasteiger partial charge is 0.384 e. The predicted octanol–water partition coefficient (Wildman–Crippen LogP) is 2.78. The summed E-state index contributed by atoms with van der Waals surface area (Å²) in [7, 11) is 0. The lowest BCUT2D eigenvalue weighted by molar-refractivity contribution is 1.21. The first-order valence-corrected chi connectivity index (χ1v) is 6.48. The van der Waals surface area contributed by atoms with E-state index in [9.17, 15) is 10.1 Å². The Labute approximate surface area is 127 Å². The van der Waals surface area contributed by atoms with Gasteiger partial charge in [-0.25, -0.2) is 0 Å². The van der Waals surface area contributed by atoms with E-state index in [1.807, 2.05) is 6.07 Å². The van der Waals surface area contributed by atoms with Crippen molar-refractivity contribution in [1.82, 2.24) is 4.98 Å². The summed E-state index contributed by atoms with van der Waals surface area (Å²) < 4.78 is 0.558. The first-order chi connectivity index (χ1) is 9.49. The standard InChI is InChI=1S/C13H6BrClN4O/c14-10-3-6(15)1-2-7(10)11-8(4-16)12(18)19-13(20)9(11)5-17/h1-3H,(H3,18,19,20). The van der Waals surface area contributed by atoms with Crippen molar-refractivity contribution in [3.05, 3.63) is 49.2 Å². The maximum atomic E-state index is 11.8. The number of benzene rings is 1. The van der Waals surface area contributed by atoms with E-state index in [2.05, 4.69) is 20.9 Å². The highest BCUT2D eigenvalue weighted by molar-refractivity contribution is 9.10. The van der Waals surface area contributed by atoms with Crippen molar-refractivity contribution in [1.29, 1.82) is 10.5 Å². The number of nitrogens with one attached hydrogen (secondary N) is 1. The summed E-state index contributed by atoms with van der Waals surface area (Å²) in [6.45, 7) is 0. The number of aromatic nitrogens is 1. The van der Waals surface area contributed by atoms with Crippen LogP contribution in [-0.4, -0.2) is 4.98 Å². The van der Waals surface area contributed by atoms with Gasteiger partial charge in [0.05, 0.1) is 0 Å². The molecule has 2 rings (SSSR count). The number of H-pyrrole nitrogens is 1. The quantitative estimate of drug-likeness (QED) is 0.825. The molecule has 0 aliphatic heterocycles. The van der Waals surface area contributed by atoms with Crippen LogP contribution >= 0.6 is 27.5 Å². The predicted molar refractivity (Wildman–Crippen MR) is 79.1 cm³/mol. The molecular formula is C13H6BrClN4O. The van der Waals surface area contributed by atoms with Crippen LogP contribution in [0.3, 0.4) is 0 Å². The molecule has 0 saturated carbocycles. The zero-order valence-electron chi connectivity index (χ0n) is 9.87. The molecule has 5 nitrogen and oxygen atoms in total. The van der Waals surface area contributed by atoms with Crippen molar-refractivity contribution in [2.45, 2.75) is 0 Å². The molecule has 0 bridgehead atoms. The molecule has 7 heteroatoms. The third-order valence-electron chi connectivity index (χ3n) is 2.67. The molecule has 0 aliphatic rings. The van der Waals surface area contributed by atoms with Crippen LogP contribution in [0.4, 0.5) is 5.82 Å². The first-order valence-electron chi connectivity index (χ1n) is 5.31. The molecule has 1 heterocycles. The highest BCUT2D eigenvalue weighted by Gasteiger charge is 2.19. The van der Waals surface area contributed by atoms with Crippen LogP contribution in [0.5, 0.6) is 0 Å². The number of rotatable bonds is 1. The minimum Gasteiger partial charge on any atom is -0.384 e. The van der Waals surface area contributed by atoms with Crippen molar-refractivity contribution in [3.8, 4) is 23.3 Å². The van der Waals surface area contributed by atoms with Crippen LogP contribution in [0.25, 0.3) is 11.1 Å². The average Bonchev–Trinajstić information content (AvgIpc) is 2.38. The highest BCUT2D eigenvalue weighted by Crippen LogP contribution is 2.35. The van der Waals surface area contributed by atoms with Gasteiger partial charge in [-0.05, 0) is 17.7 Å². The van der Waals surface area contributed by atoms with E-state index in [4.69, 9.17) is 22.6 Å². The molecule has 0 fully saturated rings. The number of anilines is 1. The van der Waals surface area contributed by atoms with Gasteiger partial charge in [-0.15, -0.1) is 0 Å². The number of nitriles is 2. The number of nitrogens with two attached hydrogens (primary N) is 1. The second-order valence-electron chi connectivity index (χ2n) is 3.84. The maximum absolute atomic E-state index is 11.8. The maximum Gasteiger partial charge on any atom is 0.268 e. The van der Waals surface area contributed by atoms with E-state index in [0.717, 1.165) is 0 Å². The number of halogens is 2. The Morgan fingerprint density at radius 2 is 1.90 bits per heavy atom. The van der Waals surface area contributed by atoms with Gasteiger partial charge in [0.2, 0.25) is 0 Å². The van der Waals surface area contributed by atoms with Crippen LogP contribution in [0.2, 0.25) is 5.02 Å². The van der Waals surface area contributed by atoms with Crippen LogP contribution in [0.15, 0.2) is 27.5 Å². The molecule has 0 atom stereocenters. The van der Waals surface area contributed by atoms with Crippen molar-refractivity contribution in [3.63, 3.8) is 0 Å². The highest BCUT2D eigenvalue weighted by atomic mass is 79.9. The molecule has 98 valence electrons. The van der Waals surface area contributed by atoms with Crippen LogP contribution in [0, 0.1) is 22.7 Å². The fraction of sp³-hybridized carbons (Fsp3) is 0. The van der Waals surface area contributed by atoms with E-state index >= 15 is 0 Å². The molecule has 0 unspecified atom stereocenters. The van der Waals surface area contributed by atoms with Crippen molar-refractivity contribution in [2.75, 3.05) is 5.73 Å². The van der Waals surface area contributed by atoms with Crippen molar-refractivity contribution >= 4 is 33.3 Å². The number of aromatic amines is 1. The van der Waals surface area contributed by atoms with Gasteiger partial charge in [-0.2, -0.15) is 10.5 Å². The summed E-state index contributed by atoms with van der Waals surface area (Å²) in [5, 5.41) is 18.9. The molecule has 0 radical (unpaired) electrons. The van der Waals surface area contributed by atoms with E-state index < -0.39 is 5.56 Å². The second kappa shape index (κ2) is 5.38. The van der Waals surface area contributed by atoms with Crippen molar-refractivity contribution in [2.24, 2.45) is 0 Å². The fourth-order valence-corrected chi connectivity index (χ4v) is 2.69. The van der Waals surface area contributed by atoms with Gasteiger partial charge < -0.3 is 10.7 Å². The zero-order valence-corrected chi connectivity index (χ0v) is 12.2. The summed E-state index contributed by atoms with van der Waals surface area (Å²) in [6, 6.07) is 8.53. The number of hydrogen-bond donors (Lipinski definition) is 2. The average molecular weight is 350 g/mol. The topological polar surface area (TPSA) is 106 Å². The molecule has 0 spiro atoms. The summed E-state index contributed by atoms with van der Waals surface area (Å²) in [5.41, 5.74) is 5.58. The van der Waals surface area contributed by atoms with E-state index in [1.165, 1.54) is 0 Å². The monoisotopic (exact) mass is 348 g/mol. The molecule has 0 saturated heterocycles. The summed E-state index contributed by atoms with van der Waals surface area (Å²) in [4.78, 5) is 14.1. The van der Waals surface area contributed by atoms with Crippen LogP contribution in [0.1, 0.15) is 11.1 Å². The lowest BCUT2D eigenvalue weighted by Crippen LogP contribution is -2.16. The molecule has 0 amide bonds. The Morgan fingerprint density at radius 1 is 1.25 bits per heavy atom. The van der Waals surface area contributed by atoms with Gasteiger partial charge in [0.25, 0.3) is 5.56 Å². The number of nitrogens with zero attached hydrogens (tertiary/aromatic N) is 2. The molecule has 2 aromatic rings. The van der Waals surface area contributed by atoms with Gasteiger partial charge >= 0.3 is 0 Å². The molecular weight excluding hydrogens is 344 g/mol. The van der Waals surface area contributed by atoms with Crippen LogP contribution < -0.4 is 11.3 Å². The third-order valence-corrected chi connectivity index (χ3v) is 3.56. The molecule has 1 aromatic heterocycles. The SMILES string of the molecule is N#Cc1c(N)[nH]c(=O)c(C#N)c1-c1ccc(Cl)cc1Br. The minimum absolute atomic E-state index is 0.0455. The van der Waals surface area contributed by atoms with E-state index in [0.29, 0.717) is 15.1 Å². The molecule has 1 aromatic carbocycles. The first kappa shape index (κ1) is 14.1. The van der Waals surface area contributed by atoms with Gasteiger partial charge in [-0.1, -0.05) is 33.6 Å². The van der Waals surface area contributed by atoms with Crippen LogP contribution in [-0.2, 0) is 0 Å². The lowest BCUT2D eigenvalue weighted by Gasteiger charge is -2.10. The summed E-state index contributed by atoms with van der Waals surface area (Å²) in [6.07, 6.45) is 0. The fourth-order valence-electron chi connectivity index (χ4n) is 1.80. The summed E-state index contributed by atoms with van der Waals surface area (Å²) >= 11 is 9.16. The Bertz CT molecular complexity index is 845. The number of nitrogen functional groups attached to an aromatic ring is 1. The Morgan fingerprint density at radius 3 is 2.45 bits per heavy atom. The Hall–Kier alpha value is -2.28. The van der Waals surface area contributed by atoms with Crippen molar-refractivity contribution < 1.29 is 0 Å². The summed E-state index contributed by atoms with van der Waals surface area (Å²) in [5.74, 6) is -0.0756. The smallest absolute Gasteiger partial charge is 0.268 e. The van der Waals surface area contributed by atoms with Gasteiger partial charge in [0.1, 0.15) is 29.1 Å². The van der Waals surface area contributed by atoms with Gasteiger partial charge in [0.15, 0.2) is 0 Å². The number of pyridine rings is 1. The van der Waals surface area contributed by atoms with E-state index in [-0.39, 0.29) is 22.5 Å². The Balaban J connectivity index is 2.97. The minimum atomic E-state index is -0.638. The van der Waals surface area contributed by atoms with E-state index in [1.54, 1.807) is 24.3 Å². The molecule has 0 aliphatic carbocycles. The molecule has 3 N–H and O–H groups in total. The number of hydrogen-bond acceptors (Lipinski definition) is 4.